The Labute approximate surface area is 95.3 Å². The van der Waals surface area contributed by atoms with Gasteiger partial charge in [-0.2, -0.15) is 0 Å². The van der Waals surface area contributed by atoms with E-state index in [1.807, 2.05) is 17.5 Å². The minimum atomic E-state index is -0.327. The Bertz CT molecular complexity index is 267. The maximum atomic E-state index is 9.83. The molecule has 3 heteroatoms. The Kier molecular flexibility index (Phi) is 4.18. The third-order valence-corrected chi connectivity index (χ3v) is 4.09. The lowest BCUT2D eigenvalue weighted by molar-refractivity contribution is 0.176. The zero-order chi connectivity index (χ0) is 10.5. The number of rotatable bonds is 5. The van der Waals surface area contributed by atoms with E-state index in [2.05, 4.69) is 5.32 Å². The number of hydrogen-bond donors (Lipinski definition) is 2. The van der Waals surface area contributed by atoms with E-state index in [4.69, 9.17) is 0 Å². The van der Waals surface area contributed by atoms with Crippen LogP contribution in [0, 0.1) is 5.92 Å². The first kappa shape index (κ1) is 11.1. The van der Waals surface area contributed by atoms with Gasteiger partial charge < -0.3 is 10.4 Å². The van der Waals surface area contributed by atoms with Gasteiger partial charge in [-0.05, 0) is 36.8 Å². The second-order valence-corrected chi connectivity index (χ2v) is 5.32. The summed E-state index contributed by atoms with van der Waals surface area (Å²) in [5.74, 6) is 0.848. The predicted octanol–water partition coefficient (Wildman–Crippen LogP) is 2.56. The van der Waals surface area contributed by atoms with Gasteiger partial charge >= 0.3 is 0 Å². The van der Waals surface area contributed by atoms with E-state index in [1.165, 1.54) is 25.7 Å². The van der Waals surface area contributed by atoms with Gasteiger partial charge in [0.25, 0.3) is 0 Å². The molecule has 84 valence electrons. The quantitative estimate of drug-likeness (QED) is 0.807. The SMILES string of the molecule is OC(CNCC1CCCC1)c1cccs1. The molecule has 1 saturated carbocycles. The van der Waals surface area contributed by atoms with Gasteiger partial charge in [0, 0.05) is 11.4 Å². The molecule has 0 amide bonds. The number of aliphatic hydroxyl groups excluding tert-OH is 1. The minimum absolute atomic E-state index is 0.327. The Hall–Kier alpha value is -0.380. The molecule has 1 aromatic rings. The van der Waals surface area contributed by atoms with E-state index in [-0.39, 0.29) is 6.10 Å². The molecule has 1 fully saturated rings. The highest BCUT2D eigenvalue weighted by atomic mass is 32.1. The Morgan fingerprint density at radius 2 is 2.27 bits per heavy atom. The van der Waals surface area contributed by atoms with Crippen LogP contribution in [0.4, 0.5) is 0 Å². The summed E-state index contributed by atoms with van der Waals surface area (Å²) >= 11 is 1.62. The second kappa shape index (κ2) is 5.64. The van der Waals surface area contributed by atoms with E-state index in [0.29, 0.717) is 6.54 Å². The van der Waals surface area contributed by atoms with Gasteiger partial charge in [-0.3, -0.25) is 0 Å². The van der Waals surface area contributed by atoms with Gasteiger partial charge in [0.1, 0.15) is 6.10 Å². The largest absolute Gasteiger partial charge is 0.386 e. The van der Waals surface area contributed by atoms with Crippen molar-refractivity contribution in [1.29, 1.82) is 0 Å². The molecule has 0 saturated heterocycles. The maximum Gasteiger partial charge on any atom is 0.101 e. The molecule has 15 heavy (non-hydrogen) atoms. The standard InChI is InChI=1S/C12H19NOS/c14-11(12-6-3-7-15-12)9-13-8-10-4-1-2-5-10/h3,6-7,10-11,13-14H,1-2,4-5,8-9H2. The smallest absolute Gasteiger partial charge is 0.101 e. The molecule has 2 N–H and O–H groups in total. The van der Waals surface area contributed by atoms with E-state index in [0.717, 1.165) is 17.3 Å². The van der Waals surface area contributed by atoms with Crippen molar-refractivity contribution in [2.45, 2.75) is 31.8 Å². The summed E-state index contributed by atoms with van der Waals surface area (Å²) in [5.41, 5.74) is 0. The summed E-state index contributed by atoms with van der Waals surface area (Å²) in [6.07, 6.45) is 5.18. The number of hydrogen-bond acceptors (Lipinski definition) is 3. The topological polar surface area (TPSA) is 32.3 Å². The summed E-state index contributed by atoms with van der Waals surface area (Å²) in [6.45, 7) is 1.76. The molecule has 0 radical (unpaired) electrons. The molecular weight excluding hydrogens is 206 g/mol. The zero-order valence-corrected chi connectivity index (χ0v) is 9.80. The molecule has 1 aliphatic rings. The summed E-state index contributed by atoms with van der Waals surface area (Å²) in [5, 5.41) is 15.2. The summed E-state index contributed by atoms with van der Waals surface area (Å²) < 4.78 is 0. The van der Waals surface area contributed by atoms with Gasteiger partial charge in [-0.1, -0.05) is 18.9 Å². The fraction of sp³-hybridized carbons (Fsp3) is 0.667. The van der Waals surface area contributed by atoms with Crippen molar-refractivity contribution >= 4 is 11.3 Å². The maximum absolute atomic E-state index is 9.83. The lowest BCUT2D eigenvalue weighted by Gasteiger charge is -2.13. The van der Waals surface area contributed by atoms with E-state index < -0.39 is 0 Å². The Morgan fingerprint density at radius 1 is 1.47 bits per heavy atom. The number of thiophene rings is 1. The van der Waals surface area contributed by atoms with Gasteiger partial charge in [0.2, 0.25) is 0 Å². The van der Waals surface area contributed by atoms with Crippen LogP contribution in [-0.2, 0) is 0 Å². The van der Waals surface area contributed by atoms with Crippen LogP contribution in [0.3, 0.4) is 0 Å². The second-order valence-electron chi connectivity index (χ2n) is 4.34. The highest BCUT2D eigenvalue weighted by Crippen LogP contribution is 2.24. The summed E-state index contributed by atoms with van der Waals surface area (Å²) in [6, 6.07) is 3.98. The molecule has 0 bridgehead atoms. The first-order chi connectivity index (χ1) is 7.36. The molecule has 0 spiro atoms. The zero-order valence-electron chi connectivity index (χ0n) is 8.98. The molecule has 1 aliphatic carbocycles. The molecule has 1 aromatic heterocycles. The molecule has 0 aromatic carbocycles. The summed E-state index contributed by atoms with van der Waals surface area (Å²) in [4.78, 5) is 1.06. The van der Waals surface area contributed by atoms with Gasteiger partial charge in [0.05, 0.1) is 0 Å². The van der Waals surface area contributed by atoms with Gasteiger partial charge in [-0.25, -0.2) is 0 Å². The molecule has 2 nitrogen and oxygen atoms in total. The molecule has 1 atom stereocenters. The third-order valence-electron chi connectivity index (χ3n) is 3.12. The van der Waals surface area contributed by atoms with Crippen molar-refractivity contribution in [2.24, 2.45) is 5.92 Å². The van der Waals surface area contributed by atoms with Crippen LogP contribution in [-0.4, -0.2) is 18.2 Å². The highest BCUT2D eigenvalue weighted by Gasteiger charge is 2.15. The minimum Gasteiger partial charge on any atom is -0.386 e. The predicted molar refractivity (Wildman–Crippen MR) is 64.1 cm³/mol. The lowest BCUT2D eigenvalue weighted by Crippen LogP contribution is -2.26. The van der Waals surface area contributed by atoms with Crippen molar-refractivity contribution < 1.29 is 5.11 Å². The van der Waals surface area contributed by atoms with Crippen molar-refractivity contribution in [3.63, 3.8) is 0 Å². The van der Waals surface area contributed by atoms with Crippen molar-refractivity contribution in [3.8, 4) is 0 Å². The van der Waals surface area contributed by atoms with Crippen LogP contribution in [0.25, 0.3) is 0 Å². The monoisotopic (exact) mass is 225 g/mol. The fourth-order valence-electron chi connectivity index (χ4n) is 2.22. The Morgan fingerprint density at radius 3 is 2.93 bits per heavy atom. The van der Waals surface area contributed by atoms with Crippen LogP contribution < -0.4 is 5.32 Å². The third kappa shape index (κ3) is 3.30. The van der Waals surface area contributed by atoms with E-state index >= 15 is 0 Å². The molecule has 0 aliphatic heterocycles. The van der Waals surface area contributed by atoms with Crippen molar-refractivity contribution in [2.75, 3.05) is 13.1 Å². The van der Waals surface area contributed by atoms with Crippen LogP contribution in [0.1, 0.15) is 36.7 Å². The first-order valence-corrected chi connectivity index (χ1v) is 6.66. The molecule has 1 unspecified atom stereocenters. The average Bonchev–Trinajstić information content (AvgIpc) is 2.90. The van der Waals surface area contributed by atoms with Crippen LogP contribution in [0.2, 0.25) is 0 Å². The normalized spacial score (nSPS) is 19.5. The van der Waals surface area contributed by atoms with E-state index in [1.54, 1.807) is 11.3 Å². The fourth-order valence-corrected chi connectivity index (χ4v) is 2.93. The van der Waals surface area contributed by atoms with Crippen LogP contribution in [0.5, 0.6) is 0 Å². The van der Waals surface area contributed by atoms with Crippen molar-refractivity contribution in [1.82, 2.24) is 5.32 Å². The number of nitrogens with one attached hydrogen (secondary N) is 1. The van der Waals surface area contributed by atoms with E-state index in [9.17, 15) is 5.11 Å². The highest BCUT2D eigenvalue weighted by molar-refractivity contribution is 7.10. The van der Waals surface area contributed by atoms with Gasteiger partial charge in [0.15, 0.2) is 0 Å². The molecule has 2 rings (SSSR count). The van der Waals surface area contributed by atoms with Gasteiger partial charge in [-0.15, -0.1) is 11.3 Å². The Balaban J connectivity index is 1.65. The first-order valence-electron chi connectivity index (χ1n) is 5.78. The summed E-state index contributed by atoms with van der Waals surface area (Å²) in [7, 11) is 0. The molecular formula is C12H19NOS. The van der Waals surface area contributed by atoms with Crippen LogP contribution in [0.15, 0.2) is 17.5 Å². The lowest BCUT2D eigenvalue weighted by atomic mass is 10.1. The van der Waals surface area contributed by atoms with Crippen LogP contribution >= 0.6 is 11.3 Å². The average molecular weight is 225 g/mol. The molecule has 1 heterocycles. The van der Waals surface area contributed by atoms with Crippen molar-refractivity contribution in [3.05, 3.63) is 22.4 Å². The number of aliphatic hydroxyl groups is 1.